The van der Waals surface area contributed by atoms with Gasteiger partial charge in [-0.25, -0.2) is 14.0 Å². The van der Waals surface area contributed by atoms with Crippen molar-refractivity contribution in [3.8, 4) is 0 Å². The fourth-order valence-corrected chi connectivity index (χ4v) is 1.70. The molecule has 5 nitrogen and oxygen atoms in total. The number of carbonyl (C=O) groups excluding carboxylic acids is 1. The van der Waals surface area contributed by atoms with Crippen LogP contribution in [-0.4, -0.2) is 47.9 Å². The number of carboxylic acids is 1. The molecule has 1 aliphatic rings. The van der Waals surface area contributed by atoms with E-state index in [4.69, 9.17) is 9.84 Å². The topological polar surface area (TPSA) is 66.8 Å². The third-order valence-electron chi connectivity index (χ3n) is 2.74. The molecule has 0 aromatic rings. The van der Waals surface area contributed by atoms with Crippen molar-refractivity contribution < 1.29 is 23.8 Å². The van der Waals surface area contributed by atoms with Gasteiger partial charge < -0.3 is 14.7 Å². The van der Waals surface area contributed by atoms with Crippen LogP contribution >= 0.6 is 0 Å². The lowest BCUT2D eigenvalue weighted by atomic mass is 10.0. The number of aliphatic carboxylic acids is 1. The van der Waals surface area contributed by atoms with Gasteiger partial charge in [0, 0.05) is 12.6 Å². The summed E-state index contributed by atoms with van der Waals surface area (Å²) in [6.07, 6.45) is 0.864. The fourth-order valence-electron chi connectivity index (χ4n) is 1.70. The van der Waals surface area contributed by atoms with Crippen LogP contribution in [0.25, 0.3) is 0 Å². The van der Waals surface area contributed by atoms with Crippen LogP contribution in [-0.2, 0) is 9.53 Å². The average molecular weight is 259 g/mol. The molecule has 1 saturated heterocycles. The maximum absolute atomic E-state index is 13.6. The van der Waals surface area contributed by atoms with E-state index in [1.54, 1.807) is 0 Å². The van der Waals surface area contributed by atoms with Crippen LogP contribution in [0.1, 0.15) is 26.2 Å². The van der Waals surface area contributed by atoms with Crippen molar-refractivity contribution in [2.24, 2.45) is 0 Å². The summed E-state index contributed by atoms with van der Waals surface area (Å²) >= 11 is 0. The van der Waals surface area contributed by atoms with Crippen LogP contribution < -0.4 is 0 Å². The molecular formula is C12H18FNO4. The van der Waals surface area contributed by atoms with Gasteiger partial charge in [0.05, 0.1) is 13.2 Å². The maximum Gasteiger partial charge on any atom is 0.409 e. The van der Waals surface area contributed by atoms with Gasteiger partial charge in [0.15, 0.2) is 0 Å². The van der Waals surface area contributed by atoms with Crippen molar-refractivity contribution in [1.82, 2.24) is 4.90 Å². The number of amides is 1. The first-order valence-corrected chi connectivity index (χ1v) is 6.03. The minimum Gasteiger partial charge on any atom is -0.478 e. The van der Waals surface area contributed by atoms with Gasteiger partial charge in [-0.05, 0) is 18.4 Å². The number of halogens is 1. The zero-order valence-corrected chi connectivity index (χ0v) is 10.4. The Morgan fingerprint density at radius 3 is 2.89 bits per heavy atom. The van der Waals surface area contributed by atoms with Crippen LogP contribution in [0, 0.1) is 0 Å². The lowest BCUT2D eigenvalue weighted by Crippen LogP contribution is -2.42. The monoisotopic (exact) mass is 259 g/mol. The Hall–Kier alpha value is -1.59. The molecule has 1 aliphatic heterocycles. The van der Waals surface area contributed by atoms with Crippen molar-refractivity contribution >= 4 is 12.1 Å². The van der Waals surface area contributed by atoms with E-state index in [2.05, 4.69) is 0 Å². The molecule has 0 aromatic carbocycles. The Kier molecular flexibility index (Phi) is 5.61. The van der Waals surface area contributed by atoms with Gasteiger partial charge in [-0.3, -0.25) is 0 Å². The highest BCUT2D eigenvalue weighted by Crippen LogP contribution is 2.20. The van der Waals surface area contributed by atoms with Crippen molar-refractivity contribution in [1.29, 1.82) is 0 Å². The van der Waals surface area contributed by atoms with E-state index < -0.39 is 18.2 Å². The summed E-state index contributed by atoms with van der Waals surface area (Å²) < 4.78 is 18.6. The Morgan fingerprint density at radius 2 is 2.33 bits per heavy atom. The molecule has 1 rings (SSSR count). The molecule has 102 valence electrons. The number of hydrogen-bond donors (Lipinski definition) is 1. The Morgan fingerprint density at radius 1 is 1.61 bits per heavy atom. The standard InChI is InChI=1S/C12H18FNO4/c1-2-3-6-18-12(17)14-5-4-9(7-11(15)16)10(13)8-14/h7,10H,2-6,8H2,1H3,(H,15,16)/b9-7-. The summed E-state index contributed by atoms with van der Waals surface area (Å²) in [5.41, 5.74) is 0.222. The van der Waals surface area contributed by atoms with E-state index in [-0.39, 0.29) is 18.5 Å². The highest BCUT2D eigenvalue weighted by Gasteiger charge is 2.28. The van der Waals surface area contributed by atoms with Gasteiger partial charge in [0.1, 0.15) is 6.17 Å². The molecule has 0 saturated carbocycles. The Bertz CT molecular complexity index is 343. The molecule has 0 bridgehead atoms. The maximum atomic E-state index is 13.6. The molecule has 1 atom stereocenters. The van der Waals surface area contributed by atoms with Gasteiger partial charge in [0.2, 0.25) is 0 Å². The SMILES string of the molecule is CCCCOC(=O)N1CC/C(=C/C(=O)O)C(F)C1. The highest BCUT2D eigenvalue weighted by molar-refractivity contribution is 5.81. The number of hydrogen-bond acceptors (Lipinski definition) is 3. The zero-order valence-electron chi connectivity index (χ0n) is 10.4. The van der Waals surface area contributed by atoms with E-state index in [0.717, 1.165) is 18.9 Å². The first-order chi connectivity index (χ1) is 8.54. The molecule has 0 aliphatic carbocycles. The predicted octanol–water partition coefficient (Wildman–Crippen LogP) is 1.98. The molecule has 1 unspecified atom stereocenters. The quantitative estimate of drug-likeness (QED) is 0.619. The van der Waals surface area contributed by atoms with Crippen molar-refractivity contribution in [2.75, 3.05) is 19.7 Å². The molecule has 0 spiro atoms. The van der Waals surface area contributed by atoms with E-state index in [1.807, 2.05) is 6.92 Å². The number of ether oxygens (including phenoxy) is 1. The molecule has 1 amide bonds. The van der Waals surface area contributed by atoms with E-state index in [9.17, 15) is 14.0 Å². The normalized spacial score (nSPS) is 22.0. The Balaban J connectivity index is 2.45. The predicted molar refractivity (Wildman–Crippen MR) is 63.1 cm³/mol. The van der Waals surface area contributed by atoms with Gasteiger partial charge in [-0.2, -0.15) is 0 Å². The number of nitrogens with zero attached hydrogens (tertiary/aromatic N) is 1. The van der Waals surface area contributed by atoms with Crippen LogP contribution in [0.15, 0.2) is 11.6 Å². The first-order valence-electron chi connectivity index (χ1n) is 6.03. The van der Waals surface area contributed by atoms with Gasteiger partial charge in [-0.1, -0.05) is 13.3 Å². The molecular weight excluding hydrogens is 241 g/mol. The summed E-state index contributed by atoms with van der Waals surface area (Å²) in [5.74, 6) is -1.16. The lowest BCUT2D eigenvalue weighted by Gasteiger charge is -2.30. The molecule has 0 radical (unpaired) electrons. The summed E-state index contributed by atoms with van der Waals surface area (Å²) in [4.78, 5) is 23.3. The van der Waals surface area contributed by atoms with Gasteiger partial charge in [-0.15, -0.1) is 0 Å². The number of unbranched alkanes of at least 4 members (excludes halogenated alkanes) is 1. The van der Waals surface area contributed by atoms with Crippen LogP contribution in [0.3, 0.4) is 0 Å². The van der Waals surface area contributed by atoms with Crippen LogP contribution in [0.5, 0.6) is 0 Å². The molecule has 1 heterocycles. The second-order valence-corrected chi connectivity index (χ2v) is 4.19. The van der Waals surface area contributed by atoms with E-state index >= 15 is 0 Å². The number of carboxylic acid groups (broad SMARTS) is 1. The first kappa shape index (κ1) is 14.5. The minimum atomic E-state index is -1.42. The smallest absolute Gasteiger partial charge is 0.409 e. The summed E-state index contributed by atoms with van der Waals surface area (Å²) in [6.45, 7) is 2.48. The second-order valence-electron chi connectivity index (χ2n) is 4.19. The molecule has 1 fully saturated rings. The molecule has 1 N–H and O–H groups in total. The number of carbonyl (C=O) groups is 2. The number of likely N-dealkylation sites (tertiary alicyclic amines) is 1. The second kappa shape index (κ2) is 6.98. The fraction of sp³-hybridized carbons (Fsp3) is 0.667. The number of alkyl halides is 1. The zero-order chi connectivity index (χ0) is 13.5. The molecule has 18 heavy (non-hydrogen) atoms. The number of piperidine rings is 1. The lowest BCUT2D eigenvalue weighted by molar-refractivity contribution is -0.131. The number of rotatable bonds is 4. The van der Waals surface area contributed by atoms with Crippen LogP contribution in [0.4, 0.5) is 9.18 Å². The van der Waals surface area contributed by atoms with Crippen LogP contribution in [0.2, 0.25) is 0 Å². The third-order valence-corrected chi connectivity index (χ3v) is 2.74. The van der Waals surface area contributed by atoms with Gasteiger partial charge in [0.25, 0.3) is 0 Å². The molecule has 6 heteroatoms. The minimum absolute atomic E-state index is 0.135. The van der Waals surface area contributed by atoms with Crippen molar-refractivity contribution in [3.63, 3.8) is 0 Å². The summed E-state index contributed by atoms with van der Waals surface area (Å²) in [5, 5.41) is 8.55. The average Bonchev–Trinajstić information content (AvgIpc) is 2.31. The Labute approximate surface area is 105 Å². The molecule has 0 aromatic heterocycles. The van der Waals surface area contributed by atoms with E-state index in [0.29, 0.717) is 13.2 Å². The highest BCUT2D eigenvalue weighted by atomic mass is 19.1. The summed E-state index contributed by atoms with van der Waals surface area (Å²) in [6, 6.07) is 0. The summed E-state index contributed by atoms with van der Waals surface area (Å²) in [7, 11) is 0. The largest absolute Gasteiger partial charge is 0.478 e. The van der Waals surface area contributed by atoms with Gasteiger partial charge >= 0.3 is 12.1 Å². The van der Waals surface area contributed by atoms with E-state index in [1.165, 1.54) is 4.90 Å². The third kappa shape index (κ3) is 4.35. The van der Waals surface area contributed by atoms with Crippen molar-refractivity contribution in [2.45, 2.75) is 32.4 Å². The van der Waals surface area contributed by atoms with Crippen molar-refractivity contribution in [3.05, 3.63) is 11.6 Å².